The number of nitrogens with one attached hydrogen (secondary N) is 1. The molecule has 1 unspecified atom stereocenters. The van der Waals surface area contributed by atoms with E-state index in [2.05, 4.69) is 5.32 Å². The maximum absolute atomic E-state index is 5.29. The van der Waals surface area contributed by atoms with Gasteiger partial charge in [0.1, 0.15) is 0 Å². The lowest BCUT2D eigenvalue weighted by atomic mass is 10.1. The maximum Gasteiger partial charge on any atom is 0.0480 e. The molecule has 1 atom stereocenters. The second-order valence-electron chi connectivity index (χ2n) is 2.53. The first-order chi connectivity index (χ1) is 4.43. The van der Waals surface area contributed by atoms with E-state index in [1.807, 2.05) is 7.05 Å². The monoisotopic (exact) mass is 165 g/mol. The lowest BCUT2D eigenvalue weighted by molar-refractivity contribution is 0.143. The average Bonchev–Trinajstić information content (AvgIpc) is 2.13. The molecule has 1 aliphatic rings. The zero-order valence-corrected chi connectivity index (χ0v) is 7.25. The highest BCUT2D eigenvalue weighted by molar-refractivity contribution is 5.85. The van der Waals surface area contributed by atoms with Crippen LogP contribution in [0, 0.1) is 0 Å². The van der Waals surface area contributed by atoms with Crippen molar-refractivity contribution < 1.29 is 4.74 Å². The molecule has 0 radical (unpaired) electrons. The molecule has 0 aromatic carbocycles. The highest BCUT2D eigenvalue weighted by Crippen LogP contribution is 2.06. The fourth-order valence-electron chi connectivity index (χ4n) is 1.19. The van der Waals surface area contributed by atoms with E-state index in [-0.39, 0.29) is 12.4 Å². The zero-order chi connectivity index (χ0) is 6.53. The molecular formula is C7H16ClNO. The summed E-state index contributed by atoms with van der Waals surface area (Å²) >= 11 is 0. The molecule has 0 aliphatic carbocycles. The van der Waals surface area contributed by atoms with Crippen molar-refractivity contribution >= 4 is 12.4 Å². The molecular weight excluding hydrogens is 150 g/mol. The van der Waals surface area contributed by atoms with Crippen molar-refractivity contribution in [1.29, 1.82) is 0 Å². The molecule has 1 saturated heterocycles. The lowest BCUT2D eigenvalue weighted by Crippen LogP contribution is -2.24. The van der Waals surface area contributed by atoms with Crippen LogP contribution in [0.1, 0.15) is 19.3 Å². The number of hydrogen-bond acceptors (Lipinski definition) is 2. The maximum atomic E-state index is 5.29. The van der Waals surface area contributed by atoms with E-state index in [1.165, 1.54) is 19.3 Å². The van der Waals surface area contributed by atoms with Crippen LogP contribution < -0.4 is 5.32 Å². The van der Waals surface area contributed by atoms with E-state index in [1.54, 1.807) is 0 Å². The van der Waals surface area contributed by atoms with Crippen LogP contribution >= 0.6 is 12.4 Å². The molecule has 0 saturated carbocycles. The molecule has 0 aromatic rings. The Labute approximate surface area is 68.7 Å². The van der Waals surface area contributed by atoms with E-state index in [0.29, 0.717) is 6.04 Å². The van der Waals surface area contributed by atoms with Crippen molar-refractivity contribution in [2.24, 2.45) is 0 Å². The summed E-state index contributed by atoms with van der Waals surface area (Å²) in [7, 11) is 2.02. The van der Waals surface area contributed by atoms with Gasteiger partial charge in [0, 0.05) is 19.3 Å². The summed E-state index contributed by atoms with van der Waals surface area (Å²) in [6.07, 6.45) is 3.67. The van der Waals surface area contributed by atoms with Crippen molar-refractivity contribution in [3.8, 4) is 0 Å². The predicted octanol–water partition coefficient (Wildman–Crippen LogP) is 1.20. The van der Waals surface area contributed by atoms with Crippen LogP contribution in [0.3, 0.4) is 0 Å². The third kappa shape index (κ3) is 3.40. The van der Waals surface area contributed by atoms with Crippen molar-refractivity contribution in [1.82, 2.24) is 5.32 Å². The Hall–Kier alpha value is 0.210. The fourth-order valence-corrected chi connectivity index (χ4v) is 1.19. The first-order valence-corrected chi connectivity index (χ1v) is 3.68. The van der Waals surface area contributed by atoms with Crippen LogP contribution in [0.4, 0.5) is 0 Å². The minimum absolute atomic E-state index is 0. The van der Waals surface area contributed by atoms with Gasteiger partial charge in [0.15, 0.2) is 0 Å². The van der Waals surface area contributed by atoms with Gasteiger partial charge in [-0.15, -0.1) is 12.4 Å². The van der Waals surface area contributed by atoms with E-state index in [0.717, 1.165) is 13.2 Å². The van der Waals surface area contributed by atoms with Crippen molar-refractivity contribution in [3.63, 3.8) is 0 Å². The third-order valence-corrected chi connectivity index (χ3v) is 1.86. The van der Waals surface area contributed by atoms with Crippen LogP contribution in [-0.4, -0.2) is 26.3 Å². The minimum atomic E-state index is 0. The Morgan fingerprint density at radius 2 is 2.10 bits per heavy atom. The normalized spacial score (nSPS) is 26.7. The van der Waals surface area contributed by atoms with E-state index >= 15 is 0 Å². The van der Waals surface area contributed by atoms with Crippen molar-refractivity contribution in [2.45, 2.75) is 25.3 Å². The average molecular weight is 166 g/mol. The Kier molecular flexibility index (Phi) is 6.08. The molecule has 1 rings (SSSR count). The fraction of sp³-hybridized carbons (Fsp3) is 1.00. The van der Waals surface area contributed by atoms with Gasteiger partial charge < -0.3 is 10.1 Å². The van der Waals surface area contributed by atoms with Gasteiger partial charge >= 0.3 is 0 Å². The predicted molar refractivity (Wildman–Crippen MR) is 44.8 cm³/mol. The Bertz CT molecular complexity index is 72.0. The summed E-state index contributed by atoms with van der Waals surface area (Å²) in [6, 6.07) is 0.701. The molecule has 1 heterocycles. The second kappa shape index (κ2) is 5.96. The number of hydrogen-bond donors (Lipinski definition) is 1. The summed E-state index contributed by atoms with van der Waals surface area (Å²) in [5.41, 5.74) is 0. The number of ether oxygens (including phenoxy) is 1. The number of rotatable bonds is 1. The van der Waals surface area contributed by atoms with Crippen LogP contribution in [0.25, 0.3) is 0 Å². The molecule has 1 fully saturated rings. The van der Waals surface area contributed by atoms with Gasteiger partial charge in [-0.3, -0.25) is 0 Å². The Morgan fingerprint density at radius 3 is 2.80 bits per heavy atom. The molecule has 0 aromatic heterocycles. The molecule has 0 bridgehead atoms. The van der Waals surface area contributed by atoms with Gasteiger partial charge in [-0.25, -0.2) is 0 Å². The van der Waals surface area contributed by atoms with Gasteiger partial charge in [0.25, 0.3) is 0 Å². The molecule has 10 heavy (non-hydrogen) atoms. The SMILES string of the molecule is CNC1CCCOCC1.Cl. The highest BCUT2D eigenvalue weighted by Gasteiger charge is 2.08. The third-order valence-electron chi connectivity index (χ3n) is 1.86. The van der Waals surface area contributed by atoms with E-state index < -0.39 is 0 Å². The van der Waals surface area contributed by atoms with Crippen molar-refractivity contribution in [2.75, 3.05) is 20.3 Å². The van der Waals surface area contributed by atoms with Gasteiger partial charge in [0.05, 0.1) is 0 Å². The topological polar surface area (TPSA) is 21.3 Å². The molecule has 0 amide bonds. The lowest BCUT2D eigenvalue weighted by Gasteiger charge is -2.09. The second-order valence-corrected chi connectivity index (χ2v) is 2.53. The Morgan fingerprint density at radius 1 is 1.30 bits per heavy atom. The van der Waals surface area contributed by atoms with E-state index in [4.69, 9.17) is 4.74 Å². The van der Waals surface area contributed by atoms with E-state index in [9.17, 15) is 0 Å². The molecule has 1 aliphatic heterocycles. The smallest absolute Gasteiger partial charge is 0.0480 e. The van der Waals surface area contributed by atoms with Gasteiger partial charge in [0.2, 0.25) is 0 Å². The molecule has 3 heteroatoms. The van der Waals surface area contributed by atoms with Crippen LogP contribution in [-0.2, 0) is 4.74 Å². The summed E-state index contributed by atoms with van der Waals surface area (Å²) < 4.78 is 5.29. The quantitative estimate of drug-likeness (QED) is 0.631. The molecule has 62 valence electrons. The molecule has 1 N–H and O–H groups in total. The van der Waals surface area contributed by atoms with Crippen LogP contribution in [0.2, 0.25) is 0 Å². The van der Waals surface area contributed by atoms with Crippen molar-refractivity contribution in [3.05, 3.63) is 0 Å². The first kappa shape index (κ1) is 10.2. The summed E-state index contributed by atoms with van der Waals surface area (Å²) in [6.45, 7) is 1.89. The largest absolute Gasteiger partial charge is 0.381 e. The zero-order valence-electron chi connectivity index (χ0n) is 6.43. The van der Waals surface area contributed by atoms with Gasteiger partial charge in [-0.2, -0.15) is 0 Å². The summed E-state index contributed by atoms with van der Waals surface area (Å²) in [4.78, 5) is 0. The summed E-state index contributed by atoms with van der Waals surface area (Å²) in [5, 5.41) is 3.26. The molecule has 2 nitrogen and oxygen atoms in total. The Balaban J connectivity index is 0.000000810. The summed E-state index contributed by atoms with van der Waals surface area (Å²) in [5.74, 6) is 0. The number of halogens is 1. The first-order valence-electron chi connectivity index (χ1n) is 3.68. The van der Waals surface area contributed by atoms with Crippen LogP contribution in [0.5, 0.6) is 0 Å². The minimum Gasteiger partial charge on any atom is -0.381 e. The van der Waals surface area contributed by atoms with Gasteiger partial charge in [-0.05, 0) is 26.3 Å². The molecule has 0 spiro atoms. The van der Waals surface area contributed by atoms with Crippen LogP contribution in [0.15, 0.2) is 0 Å². The standard InChI is InChI=1S/C7H15NO.ClH/c1-8-7-3-2-5-9-6-4-7;/h7-8H,2-6H2,1H3;1H. The van der Waals surface area contributed by atoms with Gasteiger partial charge in [-0.1, -0.05) is 0 Å². The highest BCUT2D eigenvalue weighted by atomic mass is 35.5.